The number of aromatic nitrogens is 3. The molecule has 1 amide bonds. The largest absolute Gasteiger partial charge is 0.416 e. The van der Waals surface area contributed by atoms with Gasteiger partial charge < -0.3 is 15.2 Å². The Kier molecular flexibility index (Phi) is 5.00. The number of rotatable bonds is 4. The monoisotopic (exact) mass is 397 g/mol. The fourth-order valence-corrected chi connectivity index (χ4v) is 2.22. The molecule has 0 atom stereocenters. The van der Waals surface area contributed by atoms with Gasteiger partial charge in [-0.05, 0) is 25.1 Å². The Labute approximate surface area is 155 Å². The molecule has 140 valence electrons. The lowest BCUT2D eigenvalue weighted by molar-refractivity contribution is -0.137. The first-order chi connectivity index (χ1) is 12.7. The van der Waals surface area contributed by atoms with Crippen molar-refractivity contribution >= 4 is 34.8 Å². The smallest absolute Gasteiger partial charge is 0.360 e. The number of halogens is 4. The van der Waals surface area contributed by atoms with E-state index in [0.717, 1.165) is 24.4 Å². The molecule has 3 rings (SSSR count). The first-order valence-electron chi connectivity index (χ1n) is 7.43. The first kappa shape index (κ1) is 18.6. The van der Waals surface area contributed by atoms with Crippen LogP contribution in [0.3, 0.4) is 0 Å². The van der Waals surface area contributed by atoms with Crippen molar-refractivity contribution in [3.63, 3.8) is 0 Å². The summed E-state index contributed by atoms with van der Waals surface area (Å²) in [6, 6.07) is 4.38. The quantitative estimate of drug-likeness (QED) is 0.676. The molecule has 2 aromatic heterocycles. The molecule has 0 aliphatic rings. The zero-order valence-corrected chi connectivity index (χ0v) is 14.4. The maximum absolute atomic E-state index is 12.8. The van der Waals surface area contributed by atoms with Crippen LogP contribution in [-0.4, -0.2) is 21.0 Å². The summed E-state index contributed by atoms with van der Waals surface area (Å²) in [4.78, 5) is 19.9. The van der Waals surface area contributed by atoms with Crippen LogP contribution in [0, 0.1) is 6.92 Å². The standard InChI is InChI=1S/C16H11ClF3N5O2/c1-8-4-13(25-27-8)24-15(26)12-6-22-14(7-21-12)23-11-5-9(16(18,19)20)2-3-10(11)17/h2-7H,1H3,(H,22,23)(H,24,25,26). The number of anilines is 3. The van der Waals surface area contributed by atoms with Gasteiger partial charge in [0.1, 0.15) is 17.3 Å². The number of carbonyl (C=O) groups excluding carboxylic acids is 1. The van der Waals surface area contributed by atoms with Crippen LogP contribution in [0.5, 0.6) is 0 Å². The van der Waals surface area contributed by atoms with E-state index in [1.807, 2.05) is 0 Å². The number of alkyl halides is 3. The van der Waals surface area contributed by atoms with Crippen LogP contribution in [0.2, 0.25) is 5.02 Å². The molecular formula is C16H11ClF3N5O2. The second kappa shape index (κ2) is 7.23. The first-order valence-corrected chi connectivity index (χ1v) is 7.80. The van der Waals surface area contributed by atoms with E-state index in [1.54, 1.807) is 6.92 Å². The molecule has 7 nitrogen and oxygen atoms in total. The highest BCUT2D eigenvalue weighted by Gasteiger charge is 2.31. The maximum atomic E-state index is 12.8. The van der Waals surface area contributed by atoms with Crippen LogP contribution in [0.1, 0.15) is 21.8 Å². The highest BCUT2D eigenvalue weighted by atomic mass is 35.5. The summed E-state index contributed by atoms with van der Waals surface area (Å²) < 4.78 is 43.2. The van der Waals surface area contributed by atoms with Gasteiger partial charge in [0.25, 0.3) is 5.91 Å². The average Bonchev–Trinajstić information content (AvgIpc) is 3.01. The zero-order chi connectivity index (χ0) is 19.6. The second-order valence-corrected chi connectivity index (χ2v) is 5.79. The molecule has 0 bridgehead atoms. The van der Waals surface area contributed by atoms with Gasteiger partial charge in [0.15, 0.2) is 5.82 Å². The van der Waals surface area contributed by atoms with Crippen LogP contribution in [0.4, 0.5) is 30.5 Å². The van der Waals surface area contributed by atoms with E-state index in [1.165, 1.54) is 12.3 Å². The maximum Gasteiger partial charge on any atom is 0.416 e. The lowest BCUT2D eigenvalue weighted by Crippen LogP contribution is -2.14. The Hall–Kier alpha value is -3.14. The highest BCUT2D eigenvalue weighted by Crippen LogP contribution is 2.34. The molecule has 0 fully saturated rings. The molecule has 2 heterocycles. The molecule has 27 heavy (non-hydrogen) atoms. The van der Waals surface area contributed by atoms with Crippen molar-refractivity contribution in [1.82, 2.24) is 15.1 Å². The second-order valence-electron chi connectivity index (χ2n) is 5.38. The van der Waals surface area contributed by atoms with Crippen LogP contribution in [0.15, 0.2) is 41.2 Å². The average molecular weight is 398 g/mol. The van der Waals surface area contributed by atoms with E-state index in [-0.39, 0.29) is 28.0 Å². The number of amides is 1. The van der Waals surface area contributed by atoms with Gasteiger partial charge in [-0.2, -0.15) is 13.2 Å². The van der Waals surface area contributed by atoms with Gasteiger partial charge in [-0.15, -0.1) is 0 Å². The minimum Gasteiger partial charge on any atom is -0.360 e. The molecular weight excluding hydrogens is 387 g/mol. The van der Waals surface area contributed by atoms with Gasteiger partial charge in [0.05, 0.1) is 28.7 Å². The van der Waals surface area contributed by atoms with E-state index in [0.29, 0.717) is 5.76 Å². The molecule has 0 unspecified atom stereocenters. The normalized spacial score (nSPS) is 11.3. The predicted molar refractivity (Wildman–Crippen MR) is 91.0 cm³/mol. The summed E-state index contributed by atoms with van der Waals surface area (Å²) in [6.07, 6.45) is -2.15. The Balaban J connectivity index is 1.73. The molecule has 0 aliphatic carbocycles. The van der Waals surface area contributed by atoms with Gasteiger partial charge in [-0.3, -0.25) is 4.79 Å². The zero-order valence-electron chi connectivity index (χ0n) is 13.6. The topological polar surface area (TPSA) is 92.9 Å². The van der Waals surface area contributed by atoms with Crippen LogP contribution in [0.25, 0.3) is 0 Å². The third-order valence-corrected chi connectivity index (χ3v) is 3.64. The van der Waals surface area contributed by atoms with Crippen LogP contribution in [-0.2, 0) is 6.18 Å². The van der Waals surface area contributed by atoms with Gasteiger partial charge >= 0.3 is 6.18 Å². The Bertz CT molecular complexity index is 973. The van der Waals surface area contributed by atoms with Gasteiger partial charge in [0, 0.05) is 6.07 Å². The van der Waals surface area contributed by atoms with Crippen molar-refractivity contribution in [3.05, 3.63) is 58.7 Å². The molecule has 0 aliphatic heterocycles. The van der Waals surface area contributed by atoms with Crippen molar-refractivity contribution in [2.75, 3.05) is 10.6 Å². The number of benzene rings is 1. The van der Waals surface area contributed by atoms with Gasteiger partial charge in [-0.25, -0.2) is 9.97 Å². The molecule has 0 saturated heterocycles. The fourth-order valence-electron chi connectivity index (χ4n) is 2.05. The lowest BCUT2D eigenvalue weighted by atomic mass is 10.2. The van der Waals surface area contributed by atoms with E-state index in [2.05, 4.69) is 25.8 Å². The number of hydrogen-bond acceptors (Lipinski definition) is 6. The molecule has 0 spiro atoms. The molecule has 1 aromatic carbocycles. The van der Waals surface area contributed by atoms with Crippen molar-refractivity contribution in [1.29, 1.82) is 0 Å². The third kappa shape index (κ3) is 4.53. The molecule has 0 radical (unpaired) electrons. The van der Waals surface area contributed by atoms with Gasteiger partial charge in [-0.1, -0.05) is 16.8 Å². The Morgan fingerprint density at radius 3 is 2.52 bits per heavy atom. The number of nitrogens with one attached hydrogen (secondary N) is 2. The minimum atomic E-state index is -4.51. The summed E-state index contributed by atoms with van der Waals surface area (Å²) in [5, 5.41) is 8.80. The molecule has 0 saturated carbocycles. The van der Waals surface area contributed by atoms with Crippen molar-refractivity contribution in [2.24, 2.45) is 0 Å². The minimum absolute atomic E-state index is 0.0102. The lowest BCUT2D eigenvalue weighted by Gasteiger charge is -2.12. The van der Waals surface area contributed by atoms with E-state index >= 15 is 0 Å². The summed E-state index contributed by atoms with van der Waals surface area (Å²) >= 11 is 5.91. The van der Waals surface area contributed by atoms with Crippen molar-refractivity contribution < 1.29 is 22.5 Å². The van der Waals surface area contributed by atoms with E-state index in [9.17, 15) is 18.0 Å². The highest BCUT2D eigenvalue weighted by molar-refractivity contribution is 6.33. The van der Waals surface area contributed by atoms with E-state index < -0.39 is 17.6 Å². The van der Waals surface area contributed by atoms with Crippen molar-refractivity contribution in [3.8, 4) is 0 Å². The van der Waals surface area contributed by atoms with E-state index in [4.69, 9.17) is 16.1 Å². The molecule has 11 heteroatoms. The summed E-state index contributed by atoms with van der Waals surface area (Å²) in [7, 11) is 0. The molecule has 2 N–H and O–H groups in total. The Morgan fingerprint density at radius 1 is 1.15 bits per heavy atom. The number of nitrogens with zero attached hydrogens (tertiary/aromatic N) is 3. The number of hydrogen-bond donors (Lipinski definition) is 2. The fraction of sp³-hybridized carbons (Fsp3) is 0.125. The molecule has 3 aromatic rings. The SMILES string of the molecule is Cc1cc(NC(=O)c2cnc(Nc3cc(C(F)(F)F)ccc3Cl)cn2)no1. The summed E-state index contributed by atoms with van der Waals surface area (Å²) in [5.74, 6) is 0.288. The summed E-state index contributed by atoms with van der Waals surface area (Å²) in [6.45, 7) is 1.67. The predicted octanol–water partition coefficient (Wildman–Crippen LogP) is 4.44. The van der Waals surface area contributed by atoms with Crippen molar-refractivity contribution in [2.45, 2.75) is 13.1 Å². The number of carbonyl (C=O) groups is 1. The Morgan fingerprint density at radius 2 is 1.93 bits per heavy atom. The van der Waals surface area contributed by atoms with Gasteiger partial charge in [0.2, 0.25) is 0 Å². The summed E-state index contributed by atoms with van der Waals surface area (Å²) in [5.41, 5.74) is -0.867. The third-order valence-electron chi connectivity index (χ3n) is 3.31. The van der Waals surface area contributed by atoms with Crippen LogP contribution >= 0.6 is 11.6 Å². The van der Waals surface area contributed by atoms with Crippen LogP contribution < -0.4 is 10.6 Å². The number of aryl methyl sites for hydroxylation is 1.